The van der Waals surface area contributed by atoms with Gasteiger partial charge >= 0.3 is 5.97 Å². The van der Waals surface area contributed by atoms with Crippen LogP contribution in [0.5, 0.6) is 0 Å². The van der Waals surface area contributed by atoms with E-state index in [2.05, 4.69) is 20.8 Å². The molecule has 3 fully saturated rings. The maximum Gasteiger partial charge on any atom is 0.302 e. The SMILES string of the molecule is CC[C@H]1CC[C@H]2[C@@H]3C(=O)C=C4CC(OC(C)=O)CC[C@]4(C)[C@H]3CC[C@]12C. The fourth-order valence-corrected chi connectivity index (χ4v) is 7.48. The van der Waals surface area contributed by atoms with Crippen molar-refractivity contribution in [3.63, 3.8) is 0 Å². The summed E-state index contributed by atoms with van der Waals surface area (Å²) in [7, 11) is 0. The number of fused-ring (bicyclic) bond motifs is 5. The van der Waals surface area contributed by atoms with Crippen molar-refractivity contribution in [3.8, 4) is 0 Å². The molecule has 0 aromatic rings. The van der Waals surface area contributed by atoms with Gasteiger partial charge in [-0.15, -0.1) is 0 Å². The molecule has 0 bridgehead atoms. The summed E-state index contributed by atoms with van der Waals surface area (Å²) in [6, 6.07) is 0. The summed E-state index contributed by atoms with van der Waals surface area (Å²) >= 11 is 0. The van der Waals surface area contributed by atoms with E-state index >= 15 is 0 Å². The summed E-state index contributed by atoms with van der Waals surface area (Å²) in [5.74, 6) is 2.24. The Morgan fingerprint density at radius 1 is 1.15 bits per heavy atom. The highest BCUT2D eigenvalue weighted by Crippen LogP contribution is 2.66. The molecule has 4 rings (SSSR count). The van der Waals surface area contributed by atoms with Crippen molar-refractivity contribution in [2.75, 3.05) is 0 Å². The Labute approximate surface area is 157 Å². The highest BCUT2D eigenvalue weighted by molar-refractivity contribution is 5.94. The first-order valence-corrected chi connectivity index (χ1v) is 10.7. The lowest BCUT2D eigenvalue weighted by Gasteiger charge is -2.57. The average molecular weight is 359 g/mol. The predicted octanol–water partition coefficient (Wildman–Crippen LogP) is 5.09. The Morgan fingerprint density at radius 3 is 2.62 bits per heavy atom. The molecular formula is C23H34O3. The number of esters is 1. The molecule has 3 saturated carbocycles. The number of rotatable bonds is 2. The van der Waals surface area contributed by atoms with Gasteiger partial charge in [0.2, 0.25) is 0 Å². The summed E-state index contributed by atoms with van der Waals surface area (Å²) in [4.78, 5) is 24.6. The minimum absolute atomic E-state index is 0.0408. The van der Waals surface area contributed by atoms with Crippen LogP contribution in [0, 0.1) is 34.5 Å². The quantitative estimate of drug-likeness (QED) is 0.646. The van der Waals surface area contributed by atoms with E-state index in [1.54, 1.807) is 0 Å². The smallest absolute Gasteiger partial charge is 0.302 e. The molecule has 4 aliphatic rings. The molecule has 0 amide bonds. The van der Waals surface area contributed by atoms with E-state index in [0.717, 1.165) is 25.2 Å². The van der Waals surface area contributed by atoms with Crippen molar-refractivity contribution >= 4 is 11.8 Å². The van der Waals surface area contributed by atoms with Crippen LogP contribution in [-0.2, 0) is 14.3 Å². The molecule has 0 N–H and O–H groups in total. The van der Waals surface area contributed by atoms with E-state index in [4.69, 9.17) is 4.74 Å². The van der Waals surface area contributed by atoms with Crippen LogP contribution in [0.15, 0.2) is 11.6 Å². The van der Waals surface area contributed by atoms with Gasteiger partial charge in [0.05, 0.1) is 0 Å². The van der Waals surface area contributed by atoms with Crippen LogP contribution in [0.3, 0.4) is 0 Å². The van der Waals surface area contributed by atoms with E-state index in [-0.39, 0.29) is 23.4 Å². The van der Waals surface area contributed by atoms with Gasteiger partial charge < -0.3 is 4.74 Å². The maximum absolute atomic E-state index is 13.3. The Balaban J connectivity index is 1.64. The lowest BCUT2D eigenvalue weighted by Crippen LogP contribution is -2.53. The standard InChI is InChI=1S/C23H34O3/c1-5-15-6-7-18-21-19(9-11-22(15,18)3)23(4)10-8-17(26-14(2)24)12-16(23)13-20(21)25/h13,15,17-19,21H,5-12H2,1-4H3/t15-,17?,18-,19-,21-,22+,23-/m0/s1. The van der Waals surface area contributed by atoms with Crippen LogP contribution < -0.4 is 0 Å². The van der Waals surface area contributed by atoms with E-state index in [9.17, 15) is 9.59 Å². The van der Waals surface area contributed by atoms with Crippen molar-refractivity contribution in [2.24, 2.45) is 34.5 Å². The van der Waals surface area contributed by atoms with Gasteiger partial charge in [0, 0.05) is 19.3 Å². The van der Waals surface area contributed by atoms with Crippen LogP contribution in [0.25, 0.3) is 0 Å². The van der Waals surface area contributed by atoms with Crippen LogP contribution in [0.4, 0.5) is 0 Å². The molecule has 0 aromatic carbocycles. The van der Waals surface area contributed by atoms with Crippen LogP contribution >= 0.6 is 0 Å². The molecule has 0 spiro atoms. The second-order valence-electron chi connectivity index (χ2n) is 9.93. The maximum atomic E-state index is 13.3. The Hall–Kier alpha value is -1.12. The highest BCUT2D eigenvalue weighted by atomic mass is 16.5. The normalized spacial score (nSPS) is 47.5. The zero-order valence-corrected chi connectivity index (χ0v) is 16.8. The van der Waals surface area contributed by atoms with Gasteiger partial charge in [0.15, 0.2) is 5.78 Å². The minimum atomic E-state index is -0.204. The fraction of sp³-hybridized carbons (Fsp3) is 0.826. The molecule has 1 unspecified atom stereocenters. The molecular weight excluding hydrogens is 324 g/mol. The second kappa shape index (κ2) is 6.21. The lowest BCUT2D eigenvalue weighted by molar-refractivity contribution is -0.149. The number of carbonyl (C=O) groups is 2. The highest BCUT2D eigenvalue weighted by Gasteiger charge is 2.60. The van der Waals surface area contributed by atoms with Crippen LogP contribution in [0.1, 0.15) is 79.1 Å². The van der Waals surface area contributed by atoms with Gasteiger partial charge in [-0.25, -0.2) is 0 Å². The first-order valence-electron chi connectivity index (χ1n) is 10.7. The third-order valence-corrected chi connectivity index (χ3v) is 8.92. The van der Waals surface area contributed by atoms with E-state index < -0.39 is 0 Å². The van der Waals surface area contributed by atoms with Crippen LogP contribution in [-0.4, -0.2) is 17.9 Å². The first-order chi connectivity index (χ1) is 12.3. The molecule has 0 heterocycles. The summed E-state index contributed by atoms with van der Waals surface area (Å²) in [6.45, 7) is 8.67. The Bertz CT molecular complexity index is 650. The molecule has 144 valence electrons. The van der Waals surface area contributed by atoms with E-state index in [1.165, 1.54) is 44.6 Å². The largest absolute Gasteiger partial charge is 0.462 e. The summed E-state index contributed by atoms with van der Waals surface area (Å²) in [5, 5.41) is 0. The van der Waals surface area contributed by atoms with E-state index in [1.807, 2.05) is 6.08 Å². The van der Waals surface area contributed by atoms with E-state index in [0.29, 0.717) is 23.0 Å². The monoisotopic (exact) mass is 358 g/mol. The lowest BCUT2D eigenvalue weighted by atomic mass is 9.47. The number of carbonyl (C=O) groups excluding carboxylic acids is 2. The van der Waals surface area contributed by atoms with Gasteiger partial charge in [0.1, 0.15) is 6.10 Å². The fourth-order valence-electron chi connectivity index (χ4n) is 7.48. The third kappa shape index (κ3) is 2.52. The van der Waals surface area contributed by atoms with Crippen molar-refractivity contribution in [1.82, 2.24) is 0 Å². The van der Waals surface area contributed by atoms with Gasteiger partial charge in [-0.05, 0) is 73.2 Å². The van der Waals surface area contributed by atoms with Crippen molar-refractivity contribution in [1.29, 1.82) is 0 Å². The number of hydrogen-bond acceptors (Lipinski definition) is 3. The number of allylic oxidation sites excluding steroid dienone is 1. The average Bonchev–Trinajstić information content (AvgIpc) is 2.92. The third-order valence-electron chi connectivity index (χ3n) is 8.92. The molecule has 0 saturated heterocycles. The predicted molar refractivity (Wildman–Crippen MR) is 101 cm³/mol. The van der Waals surface area contributed by atoms with Crippen molar-refractivity contribution in [3.05, 3.63) is 11.6 Å². The van der Waals surface area contributed by atoms with Gasteiger partial charge in [-0.2, -0.15) is 0 Å². The topological polar surface area (TPSA) is 43.4 Å². The molecule has 4 aliphatic carbocycles. The zero-order chi connectivity index (χ0) is 18.7. The molecule has 0 aromatic heterocycles. The number of hydrogen-bond donors (Lipinski definition) is 0. The van der Waals surface area contributed by atoms with Crippen LogP contribution in [0.2, 0.25) is 0 Å². The summed E-state index contributed by atoms with van der Waals surface area (Å²) < 4.78 is 5.48. The molecule has 26 heavy (non-hydrogen) atoms. The number of ether oxygens (including phenoxy) is 1. The van der Waals surface area contributed by atoms with Gasteiger partial charge in [0.25, 0.3) is 0 Å². The zero-order valence-electron chi connectivity index (χ0n) is 16.8. The number of ketones is 1. The van der Waals surface area contributed by atoms with Gasteiger partial charge in [-0.1, -0.05) is 32.8 Å². The second-order valence-corrected chi connectivity index (χ2v) is 9.93. The van der Waals surface area contributed by atoms with Gasteiger partial charge in [-0.3, -0.25) is 9.59 Å². The Kier molecular flexibility index (Phi) is 4.36. The molecule has 3 heteroatoms. The van der Waals surface area contributed by atoms with Crippen molar-refractivity contribution in [2.45, 2.75) is 85.2 Å². The summed E-state index contributed by atoms with van der Waals surface area (Å²) in [5.41, 5.74) is 1.75. The van der Waals surface area contributed by atoms with Crippen molar-refractivity contribution < 1.29 is 14.3 Å². The Morgan fingerprint density at radius 2 is 1.92 bits per heavy atom. The molecule has 3 nitrogen and oxygen atoms in total. The first kappa shape index (κ1) is 18.3. The molecule has 0 radical (unpaired) electrons. The summed E-state index contributed by atoms with van der Waals surface area (Å²) in [6.07, 6.45) is 10.9. The minimum Gasteiger partial charge on any atom is -0.462 e. The molecule has 0 aliphatic heterocycles. The molecule has 7 atom stereocenters.